The zero-order chi connectivity index (χ0) is 20.2. The van der Waals surface area contributed by atoms with Gasteiger partial charge in [0.05, 0.1) is 5.41 Å². The van der Waals surface area contributed by atoms with E-state index >= 15 is 0 Å². The summed E-state index contributed by atoms with van der Waals surface area (Å²) >= 11 is 0. The molecule has 1 spiro atoms. The Hall–Kier alpha value is -2.86. The smallest absolute Gasteiger partial charge is 0.0682 e. The van der Waals surface area contributed by atoms with Crippen molar-refractivity contribution in [3.63, 3.8) is 0 Å². The molecular formula is C29H28. The summed E-state index contributed by atoms with van der Waals surface area (Å²) in [4.78, 5) is 0. The summed E-state index contributed by atoms with van der Waals surface area (Å²) in [6.45, 7) is 9.20. The van der Waals surface area contributed by atoms with Gasteiger partial charge in [-0.1, -0.05) is 97.3 Å². The second kappa shape index (κ2) is 6.59. The van der Waals surface area contributed by atoms with Gasteiger partial charge in [-0.05, 0) is 71.7 Å². The van der Waals surface area contributed by atoms with E-state index in [9.17, 15) is 0 Å². The lowest BCUT2D eigenvalue weighted by atomic mass is 9.68. The van der Waals surface area contributed by atoms with Crippen molar-refractivity contribution in [3.8, 4) is 11.1 Å². The molecule has 3 aromatic rings. The molecule has 29 heavy (non-hydrogen) atoms. The summed E-state index contributed by atoms with van der Waals surface area (Å²) in [6, 6.07) is 27.2. The molecule has 3 aromatic carbocycles. The van der Waals surface area contributed by atoms with Gasteiger partial charge in [0.15, 0.2) is 0 Å². The van der Waals surface area contributed by atoms with Crippen LogP contribution in [-0.4, -0.2) is 0 Å². The monoisotopic (exact) mass is 376 g/mol. The van der Waals surface area contributed by atoms with Gasteiger partial charge in [-0.3, -0.25) is 0 Å². The summed E-state index contributed by atoms with van der Waals surface area (Å²) in [7, 11) is 0. The number of fused-ring (bicyclic) bond motifs is 7. The van der Waals surface area contributed by atoms with Crippen LogP contribution in [0, 0.1) is 0 Å². The highest BCUT2D eigenvalue weighted by atomic mass is 14.5. The van der Waals surface area contributed by atoms with Crippen LogP contribution in [0.4, 0.5) is 0 Å². The molecule has 0 aromatic heterocycles. The van der Waals surface area contributed by atoms with E-state index in [-0.39, 0.29) is 5.41 Å². The lowest BCUT2D eigenvalue weighted by Crippen LogP contribution is -2.27. The van der Waals surface area contributed by atoms with E-state index < -0.39 is 0 Å². The average molecular weight is 377 g/mol. The van der Waals surface area contributed by atoms with Crippen molar-refractivity contribution in [2.75, 3.05) is 0 Å². The van der Waals surface area contributed by atoms with E-state index in [1.54, 1.807) is 0 Å². The molecule has 0 N–H and O–H groups in total. The molecule has 0 nitrogen and oxygen atoms in total. The fourth-order valence-corrected chi connectivity index (χ4v) is 5.83. The standard InChI is InChI=1S/C29H28/c1-5-12-20(4)28-27(19(2)3)23-15-8-11-18-26(23)29(28)24-16-9-6-13-21(24)22-14-7-10-17-25(22)29/h6-11,13-18H,5,12H2,1-4H3/b28-20+. The SMILES string of the molecule is CCC/C(C)=C1\C(=C(C)C)c2ccccc2C12c1ccccc1-c1ccccc12. The van der Waals surface area contributed by atoms with E-state index in [4.69, 9.17) is 0 Å². The Bertz CT molecular complexity index is 1140. The third-order valence-electron chi connectivity index (χ3n) is 6.73. The fourth-order valence-electron chi connectivity index (χ4n) is 5.83. The maximum atomic E-state index is 2.36. The third-order valence-corrected chi connectivity index (χ3v) is 6.73. The molecule has 2 aliphatic carbocycles. The molecule has 0 unspecified atom stereocenters. The van der Waals surface area contributed by atoms with Gasteiger partial charge in [0, 0.05) is 0 Å². The normalized spacial score (nSPS) is 17.2. The molecule has 0 heteroatoms. The predicted octanol–water partition coefficient (Wildman–Crippen LogP) is 7.93. The van der Waals surface area contributed by atoms with Gasteiger partial charge >= 0.3 is 0 Å². The van der Waals surface area contributed by atoms with Crippen LogP contribution in [0.1, 0.15) is 62.8 Å². The van der Waals surface area contributed by atoms with Crippen molar-refractivity contribution in [2.24, 2.45) is 0 Å². The maximum absolute atomic E-state index is 2.36. The summed E-state index contributed by atoms with van der Waals surface area (Å²) in [5.74, 6) is 0. The van der Waals surface area contributed by atoms with Crippen molar-refractivity contribution in [2.45, 2.75) is 46.0 Å². The van der Waals surface area contributed by atoms with Crippen LogP contribution in [0.2, 0.25) is 0 Å². The van der Waals surface area contributed by atoms with Gasteiger partial charge in [0.25, 0.3) is 0 Å². The Balaban J connectivity index is 2.03. The van der Waals surface area contributed by atoms with Crippen LogP contribution >= 0.6 is 0 Å². The number of benzene rings is 3. The van der Waals surface area contributed by atoms with Crippen LogP contribution in [-0.2, 0) is 5.41 Å². The lowest BCUT2D eigenvalue weighted by Gasteiger charge is -2.32. The summed E-state index contributed by atoms with van der Waals surface area (Å²) in [5.41, 5.74) is 14.2. The first-order chi connectivity index (χ1) is 14.1. The van der Waals surface area contributed by atoms with Crippen LogP contribution in [0.5, 0.6) is 0 Å². The number of hydrogen-bond acceptors (Lipinski definition) is 0. The zero-order valence-corrected chi connectivity index (χ0v) is 17.8. The molecule has 0 fully saturated rings. The zero-order valence-electron chi connectivity index (χ0n) is 17.8. The minimum atomic E-state index is -0.199. The molecule has 0 atom stereocenters. The van der Waals surface area contributed by atoms with Crippen molar-refractivity contribution >= 4 is 5.57 Å². The molecule has 0 heterocycles. The van der Waals surface area contributed by atoms with E-state index in [1.807, 2.05) is 0 Å². The molecule has 0 saturated carbocycles. The van der Waals surface area contributed by atoms with Crippen molar-refractivity contribution in [3.05, 3.63) is 112 Å². The topological polar surface area (TPSA) is 0 Å². The van der Waals surface area contributed by atoms with Crippen molar-refractivity contribution in [1.29, 1.82) is 0 Å². The maximum Gasteiger partial charge on any atom is 0.0724 e. The van der Waals surface area contributed by atoms with Gasteiger partial charge < -0.3 is 0 Å². The highest BCUT2D eigenvalue weighted by Crippen LogP contribution is 2.64. The minimum Gasteiger partial charge on any atom is -0.0682 e. The molecule has 2 aliphatic rings. The van der Waals surface area contributed by atoms with Gasteiger partial charge in [0.1, 0.15) is 0 Å². The van der Waals surface area contributed by atoms with Crippen molar-refractivity contribution < 1.29 is 0 Å². The first-order valence-electron chi connectivity index (χ1n) is 10.8. The Morgan fingerprint density at radius 2 is 1.10 bits per heavy atom. The van der Waals surface area contributed by atoms with Crippen LogP contribution in [0.3, 0.4) is 0 Å². The van der Waals surface area contributed by atoms with Crippen LogP contribution in [0.15, 0.2) is 89.5 Å². The summed E-state index contributed by atoms with van der Waals surface area (Å²) in [6.07, 6.45) is 2.30. The molecule has 5 rings (SSSR count). The Labute approximate surface area is 174 Å². The van der Waals surface area contributed by atoms with E-state index in [0.717, 1.165) is 6.42 Å². The third kappa shape index (κ3) is 2.26. The average Bonchev–Trinajstić information content (AvgIpc) is 3.21. The lowest BCUT2D eigenvalue weighted by molar-refractivity contribution is 0.764. The fraction of sp³-hybridized carbons (Fsp3) is 0.241. The predicted molar refractivity (Wildman–Crippen MR) is 124 cm³/mol. The minimum absolute atomic E-state index is 0.199. The Morgan fingerprint density at radius 1 is 0.655 bits per heavy atom. The first-order valence-corrected chi connectivity index (χ1v) is 10.8. The molecule has 0 bridgehead atoms. The Kier molecular flexibility index (Phi) is 4.13. The molecular weight excluding hydrogens is 348 g/mol. The van der Waals surface area contributed by atoms with Gasteiger partial charge in [0.2, 0.25) is 0 Å². The van der Waals surface area contributed by atoms with Crippen LogP contribution < -0.4 is 0 Å². The second-order valence-electron chi connectivity index (χ2n) is 8.67. The summed E-state index contributed by atoms with van der Waals surface area (Å²) in [5, 5.41) is 0. The summed E-state index contributed by atoms with van der Waals surface area (Å²) < 4.78 is 0. The van der Waals surface area contributed by atoms with Crippen molar-refractivity contribution in [1.82, 2.24) is 0 Å². The molecule has 0 amide bonds. The quantitative estimate of drug-likeness (QED) is 0.426. The Morgan fingerprint density at radius 3 is 1.59 bits per heavy atom. The van der Waals surface area contributed by atoms with Gasteiger partial charge in [-0.25, -0.2) is 0 Å². The van der Waals surface area contributed by atoms with E-state index in [1.165, 1.54) is 62.1 Å². The number of hydrogen-bond donors (Lipinski definition) is 0. The number of allylic oxidation sites excluding steroid dienone is 4. The number of rotatable bonds is 2. The molecule has 0 saturated heterocycles. The second-order valence-corrected chi connectivity index (χ2v) is 8.67. The first kappa shape index (κ1) is 18.2. The highest BCUT2D eigenvalue weighted by Gasteiger charge is 2.53. The molecule has 0 radical (unpaired) electrons. The van der Waals surface area contributed by atoms with Crippen LogP contribution in [0.25, 0.3) is 16.7 Å². The van der Waals surface area contributed by atoms with E-state index in [2.05, 4.69) is 100 Å². The van der Waals surface area contributed by atoms with E-state index in [0.29, 0.717) is 0 Å². The molecule has 144 valence electrons. The van der Waals surface area contributed by atoms with Gasteiger partial charge in [-0.2, -0.15) is 0 Å². The van der Waals surface area contributed by atoms with Gasteiger partial charge in [-0.15, -0.1) is 0 Å². The highest BCUT2D eigenvalue weighted by molar-refractivity contribution is 6.00. The largest absolute Gasteiger partial charge is 0.0724 e. The molecule has 0 aliphatic heterocycles.